The number of anilines is 2. The molecular formula is C22H29N3O4S. The van der Waals surface area contributed by atoms with Gasteiger partial charge < -0.3 is 10.6 Å². The van der Waals surface area contributed by atoms with Crippen molar-refractivity contribution < 1.29 is 18.0 Å². The molecule has 2 rings (SSSR count). The molecular weight excluding hydrogens is 402 g/mol. The number of amides is 2. The smallest absolute Gasteiger partial charge is 0.253 e. The molecule has 0 radical (unpaired) electrons. The first-order valence-electron chi connectivity index (χ1n) is 9.58. The Labute approximate surface area is 178 Å². The fourth-order valence-electron chi connectivity index (χ4n) is 3.01. The first-order chi connectivity index (χ1) is 13.8. The molecule has 8 heteroatoms. The van der Waals surface area contributed by atoms with E-state index in [1.807, 2.05) is 33.8 Å². The quantitative estimate of drug-likeness (QED) is 0.733. The maximum atomic E-state index is 13.0. The van der Waals surface area contributed by atoms with Gasteiger partial charge in [-0.2, -0.15) is 0 Å². The maximum Gasteiger partial charge on any atom is 0.253 e. The summed E-state index contributed by atoms with van der Waals surface area (Å²) in [5.74, 6) is -0.873. The maximum absolute atomic E-state index is 13.0. The first-order valence-corrected chi connectivity index (χ1v) is 11.4. The van der Waals surface area contributed by atoms with Gasteiger partial charge in [-0.15, -0.1) is 0 Å². The number of aryl methyl sites for hydroxylation is 1. The number of sulfonamides is 1. The van der Waals surface area contributed by atoms with E-state index >= 15 is 0 Å². The highest BCUT2D eigenvalue weighted by Crippen LogP contribution is 2.23. The molecule has 0 spiro atoms. The van der Waals surface area contributed by atoms with E-state index in [4.69, 9.17) is 0 Å². The van der Waals surface area contributed by atoms with Crippen molar-refractivity contribution in [1.82, 2.24) is 5.32 Å². The molecule has 0 aliphatic carbocycles. The van der Waals surface area contributed by atoms with Gasteiger partial charge in [0.05, 0.1) is 23.2 Å². The van der Waals surface area contributed by atoms with Gasteiger partial charge in [0.2, 0.25) is 15.9 Å². The van der Waals surface area contributed by atoms with E-state index in [9.17, 15) is 18.0 Å². The van der Waals surface area contributed by atoms with Gasteiger partial charge in [-0.1, -0.05) is 24.3 Å². The summed E-state index contributed by atoms with van der Waals surface area (Å²) in [7, 11) is -3.73. The average molecular weight is 432 g/mol. The van der Waals surface area contributed by atoms with Crippen LogP contribution in [0.15, 0.2) is 48.5 Å². The SMILES string of the molecule is Cc1cccc(N(C(C)C(=O)Nc2ccccc2C(=O)NC(C)(C)C)S(C)(=O)=O)c1. The van der Waals surface area contributed by atoms with Crippen molar-refractivity contribution in [2.24, 2.45) is 0 Å². The Morgan fingerprint density at radius 2 is 1.67 bits per heavy atom. The lowest BCUT2D eigenvalue weighted by molar-refractivity contribution is -0.116. The van der Waals surface area contributed by atoms with Gasteiger partial charge >= 0.3 is 0 Å². The van der Waals surface area contributed by atoms with Crippen LogP contribution in [0.5, 0.6) is 0 Å². The van der Waals surface area contributed by atoms with Crippen LogP contribution >= 0.6 is 0 Å². The zero-order chi connectivity index (χ0) is 22.7. The van der Waals surface area contributed by atoms with E-state index in [1.165, 1.54) is 6.92 Å². The van der Waals surface area contributed by atoms with Crippen LogP contribution in [0.4, 0.5) is 11.4 Å². The predicted molar refractivity (Wildman–Crippen MR) is 120 cm³/mol. The molecule has 0 bridgehead atoms. The largest absolute Gasteiger partial charge is 0.347 e. The van der Waals surface area contributed by atoms with E-state index in [2.05, 4.69) is 10.6 Å². The Hall–Kier alpha value is -2.87. The van der Waals surface area contributed by atoms with Gasteiger partial charge in [-0.05, 0) is 64.4 Å². The molecule has 0 fully saturated rings. The molecule has 1 unspecified atom stereocenters. The summed E-state index contributed by atoms with van der Waals surface area (Å²) >= 11 is 0. The van der Waals surface area contributed by atoms with Crippen LogP contribution < -0.4 is 14.9 Å². The van der Waals surface area contributed by atoms with Crippen LogP contribution in [0.3, 0.4) is 0 Å². The first kappa shape index (κ1) is 23.4. The molecule has 0 aromatic heterocycles. The van der Waals surface area contributed by atoms with Crippen LogP contribution in [0.1, 0.15) is 43.6 Å². The van der Waals surface area contributed by atoms with Crippen molar-refractivity contribution >= 4 is 33.2 Å². The molecule has 162 valence electrons. The third-order valence-electron chi connectivity index (χ3n) is 4.26. The summed E-state index contributed by atoms with van der Waals surface area (Å²) in [6.07, 6.45) is 1.06. The summed E-state index contributed by atoms with van der Waals surface area (Å²) in [4.78, 5) is 25.6. The van der Waals surface area contributed by atoms with Gasteiger partial charge in [0.1, 0.15) is 6.04 Å². The molecule has 0 saturated heterocycles. The highest BCUT2D eigenvalue weighted by Gasteiger charge is 2.30. The van der Waals surface area contributed by atoms with Crippen molar-refractivity contribution in [1.29, 1.82) is 0 Å². The van der Waals surface area contributed by atoms with Crippen LogP contribution in [0, 0.1) is 6.92 Å². The number of carbonyl (C=O) groups excluding carboxylic acids is 2. The predicted octanol–water partition coefficient (Wildman–Crippen LogP) is 3.32. The summed E-state index contributed by atoms with van der Waals surface area (Å²) in [6, 6.07) is 12.5. The third kappa shape index (κ3) is 6.06. The molecule has 2 N–H and O–H groups in total. The minimum absolute atomic E-state index is 0.300. The Morgan fingerprint density at radius 1 is 1.03 bits per heavy atom. The number of carbonyl (C=O) groups is 2. The average Bonchev–Trinajstić information content (AvgIpc) is 2.59. The number of nitrogens with one attached hydrogen (secondary N) is 2. The highest BCUT2D eigenvalue weighted by molar-refractivity contribution is 7.92. The second kappa shape index (κ2) is 8.87. The van der Waals surface area contributed by atoms with Crippen LogP contribution in [0.25, 0.3) is 0 Å². The summed E-state index contributed by atoms with van der Waals surface area (Å²) in [6.45, 7) is 8.94. The van der Waals surface area contributed by atoms with Gasteiger partial charge in [0, 0.05) is 5.54 Å². The summed E-state index contributed by atoms with van der Waals surface area (Å²) < 4.78 is 26.0. The van der Waals surface area contributed by atoms with E-state index in [-0.39, 0.29) is 5.91 Å². The molecule has 7 nitrogen and oxygen atoms in total. The van der Waals surface area contributed by atoms with Crippen LogP contribution in [0.2, 0.25) is 0 Å². The van der Waals surface area contributed by atoms with Crippen molar-refractivity contribution in [2.45, 2.75) is 46.2 Å². The normalized spacial score (nSPS) is 12.7. The fourth-order valence-corrected chi connectivity index (χ4v) is 4.18. The number of hydrogen-bond donors (Lipinski definition) is 2. The monoisotopic (exact) mass is 431 g/mol. The molecule has 0 aliphatic rings. The zero-order valence-electron chi connectivity index (χ0n) is 18.2. The van der Waals surface area contributed by atoms with E-state index in [0.717, 1.165) is 16.1 Å². The van der Waals surface area contributed by atoms with Crippen LogP contribution in [-0.4, -0.2) is 38.1 Å². The molecule has 30 heavy (non-hydrogen) atoms. The van der Waals surface area contributed by atoms with E-state index in [1.54, 1.807) is 42.5 Å². The fraction of sp³-hybridized carbons (Fsp3) is 0.364. The zero-order valence-corrected chi connectivity index (χ0v) is 19.0. The molecule has 1 atom stereocenters. The van der Waals surface area contributed by atoms with E-state index < -0.39 is 27.5 Å². The lowest BCUT2D eigenvalue weighted by Crippen LogP contribution is -2.45. The number of rotatable bonds is 6. The molecule has 0 saturated carbocycles. The Kier molecular flexibility index (Phi) is 6.92. The minimum atomic E-state index is -3.73. The molecule has 2 amide bonds. The molecule has 2 aromatic rings. The molecule has 0 heterocycles. The summed E-state index contributed by atoms with van der Waals surface area (Å²) in [5, 5.41) is 5.57. The Balaban J connectivity index is 2.34. The number of nitrogens with zero attached hydrogens (tertiary/aromatic N) is 1. The van der Waals surface area contributed by atoms with Crippen molar-refractivity contribution in [2.75, 3.05) is 15.9 Å². The van der Waals surface area contributed by atoms with Gasteiger partial charge in [0.25, 0.3) is 5.91 Å². The van der Waals surface area contributed by atoms with E-state index in [0.29, 0.717) is 16.9 Å². The number of benzene rings is 2. The Morgan fingerprint density at radius 3 is 2.23 bits per heavy atom. The van der Waals surface area contributed by atoms with Crippen molar-refractivity contribution in [3.8, 4) is 0 Å². The highest BCUT2D eigenvalue weighted by atomic mass is 32.2. The minimum Gasteiger partial charge on any atom is -0.347 e. The van der Waals surface area contributed by atoms with Crippen LogP contribution in [-0.2, 0) is 14.8 Å². The number of para-hydroxylation sites is 1. The standard InChI is InChI=1S/C22H29N3O4S/c1-15-10-9-11-17(14-15)25(30(6,28)29)16(2)20(26)23-19-13-8-7-12-18(19)21(27)24-22(3,4)5/h7-14,16H,1-6H3,(H,23,26)(H,24,27). The van der Waals surface area contributed by atoms with Crippen molar-refractivity contribution in [3.05, 3.63) is 59.7 Å². The van der Waals surface area contributed by atoms with Gasteiger partial charge in [-0.3, -0.25) is 13.9 Å². The lowest BCUT2D eigenvalue weighted by Gasteiger charge is -2.29. The van der Waals surface area contributed by atoms with Gasteiger partial charge in [-0.25, -0.2) is 8.42 Å². The lowest BCUT2D eigenvalue weighted by atomic mass is 10.1. The second-order valence-corrected chi connectivity index (χ2v) is 10.2. The second-order valence-electron chi connectivity index (χ2n) is 8.31. The molecule has 2 aromatic carbocycles. The summed E-state index contributed by atoms with van der Waals surface area (Å²) in [5.41, 5.74) is 1.44. The van der Waals surface area contributed by atoms with Crippen molar-refractivity contribution in [3.63, 3.8) is 0 Å². The van der Waals surface area contributed by atoms with Gasteiger partial charge in [0.15, 0.2) is 0 Å². The Bertz CT molecular complexity index is 1040. The third-order valence-corrected chi connectivity index (χ3v) is 5.50. The molecule has 0 aliphatic heterocycles. The topological polar surface area (TPSA) is 95.6 Å². The number of hydrogen-bond acceptors (Lipinski definition) is 4.